The molecule has 0 radical (unpaired) electrons. The van der Waals surface area contributed by atoms with Gasteiger partial charge in [-0.05, 0) is 44.7 Å². The third-order valence-corrected chi connectivity index (χ3v) is 2.93. The topological polar surface area (TPSA) is 39.1 Å². The second-order valence-electron chi connectivity index (χ2n) is 4.81. The lowest BCUT2D eigenvalue weighted by Gasteiger charge is -2.17. The summed E-state index contributed by atoms with van der Waals surface area (Å²) in [4.78, 5) is 0. The summed E-state index contributed by atoms with van der Waals surface area (Å²) in [6, 6.07) is 10.4. The summed E-state index contributed by atoms with van der Waals surface area (Å²) in [6.07, 6.45) is 3.97. The third kappa shape index (κ3) is 3.83. The summed E-state index contributed by atoms with van der Waals surface area (Å²) in [6.45, 7) is 4.87. The Morgan fingerprint density at radius 3 is 2.53 bits per heavy atom. The van der Waals surface area contributed by atoms with Gasteiger partial charge in [-0.1, -0.05) is 12.1 Å². The molecule has 1 N–H and O–H groups in total. The van der Waals surface area contributed by atoms with Crippen molar-refractivity contribution < 1.29 is 4.74 Å². The number of aromatic nitrogens is 2. The molecule has 1 aromatic carbocycles. The molecule has 0 saturated carbocycles. The Balaban J connectivity index is 2.06. The van der Waals surface area contributed by atoms with E-state index in [2.05, 4.69) is 22.5 Å². The number of benzene rings is 1. The SMILES string of the molecule is CNC(Cn1cccn1)c1ccc(OC(C)C)cc1. The number of nitrogens with one attached hydrogen (secondary N) is 1. The van der Waals surface area contributed by atoms with E-state index in [0.717, 1.165) is 12.3 Å². The van der Waals surface area contributed by atoms with E-state index in [1.807, 2.05) is 50.0 Å². The van der Waals surface area contributed by atoms with Crippen molar-refractivity contribution >= 4 is 0 Å². The average Bonchev–Trinajstić information content (AvgIpc) is 2.89. The van der Waals surface area contributed by atoms with Crippen molar-refractivity contribution in [3.05, 3.63) is 48.3 Å². The van der Waals surface area contributed by atoms with Gasteiger partial charge in [-0.2, -0.15) is 5.10 Å². The molecule has 0 aliphatic heterocycles. The highest BCUT2D eigenvalue weighted by atomic mass is 16.5. The molecule has 0 amide bonds. The molecule has 2 aromatic rings. The molecule has 1 atom stereocenters. The number of rotatable bonds is 6. The number of hydrogen-bond acceptors (Lipinski definition) is 3. The molecule has 0 aliphatic rings. The summed E-state index contributed by atoms with van der Waals surface area (Å²) in [5, 5.41) is 7.55. The Morgan fingerprint density at radius 2 is 2.00 bits per heavy atom. The minimum absolute atomic E-state index is 0.204. The van der Waals surface area contributed by atoms with Crippen LogP contribution in [0.4, 0.5) is 0 Å². The number of hydrogen-bond donors (Lipinski definition) is 1. The molecule has 4 nitrogen and oxygen atoms in total. The van der Waals surface area contributed by atoms with Crippen LogP contribution in [0.1, 0.15) is 25.5 Å². The van der Waals surface area contributed by atoms with Gasteiger partial charge in [0.25, 0.3) is 0 Å². The molecule has 0 saturated heterocycles. The van der Waals surface area contributed by atoms with Crippen molar-refractivity contribution in [1.29, 1.82) is 0 Å². The Hall–Kier alpha value is -1.81. The molecule has 19 heavy (non-hydrogen) atoms. The summed E-state index contributed by atoms with van der Waals surface area (Å²) in [5.74, 6) is 0.910. The lowest BCUT2D eigenvalue weighted by Crippen LogP contribution is -2.22. The van der Waals surface area contributed by atoms with Gasteiger partial charge in [0.15, 0.2) is 0 Å². The van der Waals surface area contributed by atoms with E-state index in [1.165, 1.54) is 5.56 Å². The molecular formula is C15H21N3O. The van der Waals surface area contributed by atoms with E-state index in [0.29, 0.717) is 0 Å². The summed E-state index contributed by atoms with van der Waals surface area (Å²) in [5.41, 5.74) is 1.23. The monoisotopic (exact) mass is 259 g/mol. The van der Waals surface area contributed by atoms with Crippen molar-refractivity contribution in [2.45, 2.75) is 32.5 Å². The first-order valence-corrected chi connectivity index (χ1v) is 6.60. The molecule has 0 bridgehead atoms. The van der Waals surface area contributed by atoms with Crippen molar-refractivity contribution in [1.82, 2.24) is 15.1 Å². The summed E-state index contributed by atoms with van der Waals surface area (Å²) < 4.78 is 7.58. The zero-order valence-electron chi connectivity index (χ0n) is 11.7. The molecule has 0 fully saturated rings. The molecule has 1 heterocycles. The van der Waals surface area contributed by atoms with Crippen LogP contribution in [-0.2, 0) is 6.54 Å². The Labute approximate surface area is 114 Å². The van der Waals surface area contributed by atoms with Crippen molar-refractivity contribution in [3.8, 4) is 5.75 Å². The lowest BCUT2D eigenvalue weighted by atomic mass is 10.1. The predicted molar refractivity (Wildman–Crippen MR) is 76.2 cm³/mol. The largest absolute Gasteiger partial charge is 0.491 e. The van der Waals surface area contributed by atoms with Crippen LogP contribution in [0, 0.1) is 0 Å². The number of likely N-dealkylation sites (N-methyl/N-ethyl adjacent to an activating group) is 1. The van der Waals surface area contributed by atoms with Crippen LogP contribution in [0.2, 0.25) is 0 Å². The maximum atomic E-state index is 5.65. The van der Waals surface area contributed by atoms with E-state index in [4.69, 9.17) is 4.74 Å². The average molecular weight is 259 g/mol. The van der Waals surface area contributed by atoms with Gasteiger partial charge >= 0.3 is 0 Å². The van der Waals surface area contributed by atoms with Gasteiger partial charge in [-0.25, -0.2) is 0 Å². The highest BCUT2D eigenvalue weighted by Gasteiger charge is 2.10. The fourth-order valence-electron chi connectivity index (χ4n) is 2.01. The van der Waals surface area contributed by atoms with Crippen LogP contribution < -0.4 is 10.1 Å². The fraction of sp³-hybridized carbons (Fsp3) is 0.400. The first kappa shape index (κ1) is 13.6. The van der Waals surface area contributed by atoms with Crippen molar-refractivity contribution in [2.75, 3.05) is 7.05 Å². The van der Waals surface area contributed by atoms with E-state index >= 15 is 0 Å². The number of ether oxygens (including phenoxy) is 1. The van der Waals surface area contributed by atoms with Crippen LogP contribution in [0.25, 0.3) is 0 Å². The van der Waals surface area contributed by atoms with Gasteiger partial charge in [0.2, 0.25) is 0 Å². The highest BCUT2D eigenvalue weighted by Crippen LogP contribution is 2.19. The maximum absolute atomic E-state index is 5.65. The van der Waals surface area contributed by atoms with Gasteiger partial charge in [0.05, 0.1) is 18.7 Å². The Kier molecular flexibility index (Phi) is 4.58. The number of nitrogens with zero attached hydrogens (tertiary/aromatic N) is 2. The van der Waals surface area contributed by atoms with E-state index < -0.39 is 0 Å². The Bertz CT molecular complexity index is 477. The minimum atomic E-state index is 0.204. The van der Waals surface area contributed by atoms with Crippen molar-refractivity contribution in [2.24, 2.45) is 0 Å². The molecule has 102 valence electrons. The molecule has 2 rings (SSSR count). The smallest absolute Gasteiger partial charge is 0.119 e. The standard InChI is InChI=1S/C15H21N3O/c1-12(2)19-14-7-5-13(6-8-14)15(16-3)11-18-10-4-9-17-18/h4-10,12,15-16H,11H2,1-3H3. The highest BCUT2D eigenvalue weighted by molar-refractivity contribution is 5.29. The van der Waals surface area contributed by atoms with E-state index in [1.54, 1.807) is 6.20 Å². The molecule has 0 spiro atoms. The second-order valence-corrected chi connectivity index (χ2v) is 4.81. The van der Waals surface area contributed by atoms with E-state index in [9.17, 15) is 0 Å². The van der Waals surface area contributed by atoms with Crippen LogP contribution in [0.15, 0.2) is 42.7 Å². The first-order chi connectivity index (χ1) is 9.19. The van der Waals surface area contributed by atoms with E-state index in [-0.39, 0.29) is 12.1 Å². The van der Waals surface area contributed by atoms with Gasteiger partial charge in [-0.15, -0.1) is 0 Å². The van der Waals surface area contributed by atoms with Crippen LogP contribution in [-0.4, -0.2) is 22.9 Å². The lowest BCUT2D eigenvalue weighted by molar-refractivity contribution is 0.242. The van der Waals surface area contributed by atoms with Gasteiger partial charge < -0.3 is 10.1 Å². The third-order valence-electron chi connectivity index (χ3n) is 2.93. The van der Waals surface area contributed by atoms with Crippen LogP contribution in [0.5, 0.6) is 5.75 Å². The zero-order valence-corrected chi connectivity index (χ0v) is 11.7. The summed E-state index contributed by atoms with van der Waals surface area (Å²) in [7, 11) is 1.96. The Morgan fingerprint density at radius 1 is 1.26 bits per heavy atom. The van der Waals surface area contributed by atoms with Gasteiger partial charge in [0, 0.05) is 12.4 Å². The molecule has 1 unspecified atom stereocenters. The van der Waals surface area contributed by atoms with Crippen LogP contribution >= 0.6 is 0 Å². The second kappa shape index (κ2) is 6.38. The molecule has 4 heteroatoms. The quantitative estimate of drug-likeness (QED) is 0.866. The van der Waals surface area contributed by atoms with Crippen molar-refractivity contribution in [3.63, 3.8) is 0 Å². The normalized spacial score (nSPS) is 12.6. The maximum Gasteiger partial charge on any atom is 0.119 e. The molecule has 0 aliphatic carbocycles. The zero-order chi connectivity index (χ0) is 13.7. The molecule has 1 aromatic heterocycles. The first-order valence-electron chi connectivity index (χ1n) is 6.60. The fourth-order valence-corrected chi connectivity index (χ4v) is 2.01. The summed E-state index contributed by atoms with van der Waals surface area (Å²) >= 11 is 0. The van der Waals surface area contributed by atoms with Gasteiger partial charge in [-0.3, -0.25) is 4.68 Å². The van der Waals surface area contributed by atoms with Crippen LogP contribution in [0.3, 0.4) is 0 Å². The predicted octanol–water partition coefficient (Wildman–Crippen LogP) is 2.63. The minimum Gasteiger partial charge on any atom is -0.491 e. The van der Waals surface area contributed by atoms with Gasteiger partial charge in [0.1, 0.15) is 5.75 Å². The molecular weight excluding hydrogens is 238 g/mol.